The van der Waals surface area contributed by atoms with Gasteiger partial charge in [-0.2, -0.15) is 0 Å². The van der Waals surface area contributed by atoms with Gasteiger partial charge in [-0.3, -0.25) is 9.69 Å². The third-order valence-corrected chi connectivity index (χ3v) is 6.69. The molecular weight excluding hydrogens is 352 g/mol. The quantitative estimate of drug-likeness (QED) is 0.718. The number of carbonyl (C=O) groups is 1. The molecule has 28 heavy (non-hydrogen) atoms. The van der Waals surface area contributed by atoms with Crippen LogP contribution in [0.5, 0.6) is 11.5 Å². The Balaban J connectivity index is 1.39. The van der Waals surface area contributed by atoms with Crippen LogP contribution < -0.4 is 9.47 Å². The van der Waals surface area contributed by atoms with Gasteiger partial charge in [-0.25, -0.2) is 0 Å². The maximum Gasteiger partial charge on any atom is 0.237 e. The van der Waals surface area contributed by atoms with Crippen LogP contribution in [0.1, 0.15) is 56.1 Å². The van der Waals surface area contributed by atoms with E-state index in [4.69, 9.17) is 9.47 Å². The van der Waals surface area contributed by atoms with E-state index in [1.165, 1.54) is 56.1 Å². The molecule has 0 saturated heterocycles. The summed E-state index contributed by atoms with van der Waals surface area (Å²) in [6, 6.07) is 4.75. The molecule has 4 rings (SSSR count). The van der Waals surface area contributed by atoms with Crippen molar-refractivity contribution in [1.82, 2.24) is 9.80 Å². The molecule has 1 aliphatic heterocycles. The molecule has 0 unspecified atom stereocenters. The molecule has 5 nitrogen and oxygen atoms in total. The number of methoxy groups -OCH3 is 2. The number of rotatable bonds is 7. The Morgan fingerprint density at radius 1 is 1.04 bits per heavy atom. The number of amides is 1. The van der Waals surface area contributed by atoms with Crippen LogP contribution in [0, 0.1) is 5.92 Å². The van der Waals surface area contributed by atoms with Gasteiger partial charge in [-0.05, 0) is 61.3 Å². The lowest BCUT2D eigenvalue weighted by atomic mass is 9.89. The van der Waals surface area contributed by atoms with E-state index in [1.54, 1.807) is 14.2 Å². The lowest BCUT2D eigenvalue weighted by Gasteiger charge is -2.33. The van der Waals surface area contributed by atoms with Crippen LogP contribution in [0.2, 0.25) is 0 Å². The highest BCUT2D eigenvalue weighted by molar-refractivity contribution is 5.78. The van der Waals surface area contributed by atoms with Crippen molar-refractivity contribution in [3.05, 3.63) is 23.3 Å². The van der Waals surface area contributed by atoms with Crippen LogP contribution in [-0.2, 0) is 17.8 Å². The Hall–Kier alpha value is -1.75. The second-order valence-electron chi connectivity index (χ2n) is 8.71. The summed E-state index contributed by atoms with van der Waals surface area (Å²) in [5, 5.41) is 0. The van der Waals surface area contributed by atoms with E-state index in [1.807, 2.05) is 11.0 Å². The Morgan fingerprint density at radius 3 is 2.36 bits per heavy atom. The normalized spacial score (nSPS) is 20.2. The number of benzene rings is 1. The van der Waals surface area contributed by atoms with E-state index in [-0.39, 0.29) is 5.91 Å². The summed E-state index contributed by atoms with van der Waals surface area (Å²) in [6.07, 6.45) is 10.2. The van der Waals surface area contributed by atoms with Gasteiger partial charge in [0.15, 0.2) is 11.5 Å². The van der Waals surface area contributed by atoms with Crippen LogP contribution >= 0.6 is 0 Å². The van der Waals surface area contributed by atoms with Crippen molar-refractivity contribution in [2.24, 2.45) is 5.92 Å². The van der Waals surface area contributed by atoms with Gasteiger partial charge in [-0.15, -0.1) is 0 Å². The third kappa shape index (κ3) is 4.45. The molecule has 0 bridgehead atoms. The second kappa shape index (κ2) is 8.73. The zero-order valence-corrected chi connectivity index (χ0v) is 17.4. The van der Waals surface area contributed by atoms with Gasteiger partial charge >= 0.3 is 0 Å². The predicted molar refractivity (Wildman–Crippen MR) is 110 cm³/mol. The van der Waals surface area contributed by atoms with E-state index in [0.29, 0.717) is 19.1 Å². The van der Waals surface area contributed by atoms with Crippen LogP contribution in [-0.4, -0.2) is 55.6 Å². The fourth-order valence-electron chi connectivity index (χ4n) is 4.85. The van der Waals surface area contributed by atoms with Crippen molar-refractivity contribution < 1.29 is 14.3 Å². The third-order valence-electron chi connectivity index (χ3n) is 6.69. The lowest BCUT2D eigenvalue weighted by Crippen LogP contribution is -2.44. The summed E-state index contributed by atoms with van der Waals surface area (Å²) in [6.45, 7) is 3.18. The minimum Gasteiger partial charge on any atom is -0.493 e. The summed E-state index contributed by atoms with van der Waals surface area (Å²) in [5.74, 6) is 2.59. The van der Waals surface area contributed by atoms with Crippen molar-refractivity contribution >= 4 is 5.91 Å². The van der Waals surface area contributed by atoms with Crippen molar-refractivity contribution in [1.29, 1.82) is 0 Å². The molecule has 2 fully saturated rings. The van der Waals surface area contributed by atoms with Gasteiger partial charge in [0.25, 0.3) is 0 Å². The Morgan fingerprint density at radius 2 is 1.71 bits per heavy atom. The summed E-state index contributed by atoms with van der Waals surface area (Å²) < 4.78 is 10.9. The van der Waals surface area contributed by atoms with Gasteiger partial charge in [0, 0.05) is 25.7 Å². The second-order valence-corrected chi connectivity index (χ2v) is 8.71. The number of hydrogen-bond acceptors (Lipinski definition) is 4. The first-order chi connectivity index (χ1) is 13.7. The zero-order chi connectivity index (χ0) is 19.5. The Kier molecular flexibility index (Phi) is 6.10. The molecule has 2 aliphatic carbocycles. The van der Waals surface area contributed by atoms with E-state index in [0.717, 1.165) is 36.9 Å². The SMILES string of the molecule is COc1cc2c(cc1OC)CN(C(=O)CN(CC1CCCCC1)C1CC1)CC2. The summed E-state index contributed by atoms with van der Waals surface area (Å²) in [7, 11) is 3.33. The predicted octanol–water partition coefficient (Wildman–Crippen LogP) is 3.63. The number of ether oxygens (including phenoxy) is 2. The molecule has 1 aromatic carbocycles. The molecule has 0 aromatic heterocycles. The first kappa shape index (κ1) is 19.6. The minimum absolute atomic E-state index is 0.281. The molecule has 0 atom stereocenters. The highest BCUT2D eigenvalue weighted by Gasteiger charge is 2.33. The highest BCUT2D eigenvalue weighted by Crippen LogP contribution is 2.34. The van der Waals surface area contributed by atoms with Crippen molar-refractivity contribution in [3.63, 3.8) is 0 Å². The van der Waals surface area contributed by atoms with E-state index >= 15 is 0 Å². The first-order valence-electron chi connectivity index (χ1n) is 10.9. The van der Waals surface area contributed by atoms with Gasteiger partial charge in [0.1, 0.15) is 0 Å². The van der Waals surface area contributed by atoms with Gasteiger partial charge in [0.2, 0.25) is 5.91 Å². The summed E-state index contributed by atoms with van der Waals surface area (Å²) in [5.41, 5.74) is 2.45. The molecular formula is C23H34N2O3. The monoisotopic (exact) mass is 386 g/mol. The van der Waals surface area contributed by atoms with Gasteiger partial charge < -0.3 is 14.4 Å². The molecule has 3 aliphatic rings. The van der Waals surface area contributed by atoms with Crippen LogP contribution in [0.4, 0.5) is 0 Å². The minimum atomic E-state index is 0.281. The fraction of sp³-hybridized carbons (Fsp3) is 0.696. The standard InChI is InChI=1S/C23H34N2O3/c1-27-21-12-18-10-11-24(15-19(18)13-22(21)28-2)23(26)16-25(20-8-9-20)14-17-6-4-3-5-7-17/h12-13,17,20H,3-11,14-16H2,1-2H3. The molecule has 1 aromatic rings. The number of carbonyl (C=O) groups excluding carboxylic acids is 1. The van der Waals surface area contributed by atoms with E-state index in [2.05, 4.69) is 11.0 Å². The van der Waals surface area contributed by atoms with Crippen LogP contribution in [0.25, 0.3) is 0 Å². The number of nitrogens with zero attached hydrogens (tertiary/aromatic N) is 2. The topological polar surface area (TPSA) is 42.0 Å². The molecule has 1 amide bonds. The average Bonchev–Trinajstić information content (AvgIpc) is 3.58. The maximum atomic E-state index is 13.1. The van der Waals surface area contributed by atoms with Crippen molar-refractivity contribution in [3.8, 4) is 11.5 Å². The van der Waals surface area contributed by atoms with Crippen molar-refractivity contribution in [2.75, 3.05) is 33.9 Å². The highest BCUT2D eigenvalue weighted by atomic mass is 16.5. The molecule has 5 heteroatoms. The zero-order valence-electron chi connectivity index (χ0n) is 17.4. The van der Waals surface area contributed by atoms with Gasteiger partial charge in [-0.1, -0.05) is 19.3 Å². The Labute approximate surface area is 169 Å². The maximum absolute atomic E-state index is 13.1. The number of hydrogen-bond donors (Lipinski definition) is 0. The molecule has 0 spiro atoms. The molecule has 2 saturated carbocycles. The molecule has 154 valence electrons. The van der Waals surface area contributed by atoms with E-state index in [9.17, 15) is 4.79 Å². The van der Waals surface area contributed by atoms with Crippen molar-refractivity contribution in [2.45, 2.75) is 64.0 Å². The average molecular weight is 387 g/mol. The van der Waals surface area contributed by atoms with Gasteiger partial charge in [0.05, 0.1) is 20.8 Å². The lowest BCUT2D eigenvalue weighted by molar-refractivity contribution is -0.133. The largest absolute Gasteiger partial charge is 0.493 e. The molecule has 1 heterocycles. The summed E-state index contributed by atoms with van der Waals surface area (Å²) >= 11 is 0. The molecule has 0 radical (unpaired) electrons. The smallest absolute Gasteiger partial charge is 0.237 e. The first-order valence-corrected chi connectivity index (χ1v) is 10.9. The Bertz CT molecular complexity index is 695. The summed E-state index contributed by atoms with van der Waals surface area (Å²) in [4.78, 5) is 17.6. The van der Waals surface area contributed by atoms with Crippen LogP contribution in [0.3, 0.4) is 0 Å². The molecule has 0 N–H and O–H groups in total. The fourth-order valence-corrected chi connectivity index (χ4v) is 4.85. The van der Waals surface area contributed by atoms with E-state index < -0.39 is 0 Å². The number of fused-ring (bicyclic) bond motifs is 1. The van der Waals surface area contributed by atoms with Crippen LogP contribution in [0.15, 0.2) is 12.1 Å².